The average molecular weight is 265 g/mol. The maximum Gasteiger partial charge on any atom is 0.292 e. The fraction of sp³-hybridized carbons (Fsp3) is 0.125. The monoisotopic (exact) mass is 265 g/mol. The van der Waals surface area contributed by atoms with E-state index >= 15 is 0 Å². The lowest BCUT2D eigenvalue weighted by molar-refractivity contribution is -0.112. The lowest BCUT2D eigenvalue weighted by Gasteiger charge is -2.19. The van der Waals surface area contributed by atoms with Gasteiger partial charge >= 0.3 is 0 Å². The summed E-state index contributed by atoms with van der Waals surface area (Å²) in [4.78, 5) is 18.1. The quantitative estimate of drug-likeness (QED) is 0.858. The molecule has 1 aliphatic rings. The molecule has 1 aliphatic heterocycles. The van der Waals surface area contributed by atoms with Gasteiger partial charge in [-0.3, -0.25) is 9.79 Å². The number of amidine groups is 1. The predicted molar refractivity (Wildman–Crippen MR) is 79.8 cm³/mol. The zero-order valence-electron chi connectivity index (χ0n) is 11.2. The van der Waals surface area contributed by atoms with Crippen molar-refractivity contribution >= 4 is 17.4 Å². The Hall–Kier alpha value is -2.62. The summed E-state index contributed by atoms with van der Waals surface area (Å²) in [5.41, 5.74) is 8.68. The first-order chi connectivity index (χ1) is 9.68. The van der Waals surface area contributed by atoms with Gasteiger partial charge in [-0.15, -0.1) is 0 Å². The largest absolute Gasteiger partial charge is 0.379 e. The first-order valence-electron chi connectivity index (χ1n) is 6.43. The number of nitrogens with two attached hydrogens (primary N) is 1. The van der Waals surface area contributed by atoms with E-state index in [1.54, 1.807) is 11.9 Å². The van der Waals surface area contributed by atoms with Gasteiger partial charge in [0.1, 0.15) is 6.04 Å². The predicted octanol–water partition coefficient (Wildman–Crippen LogP) is 2.11. The van der Waals surface area contributed by atoms with E-state index in [1.165, 1.54) is 0 Å². The molecule has 1 amide bonds. The highest BCUT2D eigenvalue weighted by molar-refractivity contribution is 6.42. The van der Waals surface area contributed by atoms with E-state index in [0.29, 0.717) is 0 Å². The van der Waals surface area contributed by atoms with E-state index < -0.39 is 0 Å². The average Bonchev–Trinajstić information content (AvgIpc) is 2.60. The number of carbonyl (C=O) groups is 1. The van der Waals surface area contributed by atoms with Gasteiger partial charge in [0.15, 0.2) is 5.84 Å². The van der Waals surface area contributed by atoms with Crippen molar-refractivity contribution in [1.82, 2.24) is 0 Å². The minimum absolute atomic E-state index is 0.0394. The van der Waals surface area contributed by atoms with Gasteiger partial charge in [0, 0.05) is 18.3 Å². The molecule has 1 unspecified atom stereocenters. The normalized spacial score (nSPS) is 18.2. The Morgan fingerprint density at radius 1 is 1.05 bits per heavy atom. The van der Waals surface area contributed by atoms with E-state index in [-0.39, 0.29) is 17.8 Å². The Balaban J connectivity index is 2.23. The second-order valence-electron chi connectivity index (χ2n) is 4.75. The van der Waals surface area contributed by atoms with Crippen molar-refractivity contribution in [2.75, 3.05) is 11.9 Å². The topological polar surface area (TPSA) is 58.7 Å². The second kappa shape index (κ2) is 4.81. The van der Waals surface area contributed by atoms with Crippen molar-refractivity contribution in [3.63, 3.8) is 0 Å². The molecule has 1 atom stereocenters. The fourth-order valence-electron chi connectivity index (χ4n) is 2.46. The number of anilines is 1. The van der Waals surface area contributed by atoms with Gasteiger partial charge in [0.25, 0.3) is 5.91 Å². The molecule has 0 spiro atoms. The molecular formula is C16H15N3O. The van der Waals surface area contributed by atoms with E-state index in [9.17, 15) is 4.79 Å². The van der Waals surface area contributed by atoms with Gasteiger partial charge < -0.3 is 10.6 Å². The van der Waals surface area contributed by atoms with Crippen LogP contribution in [0.1, 0.15) is 17.2 Å². The van der Waals surface area contributed by atoms with Crippen LogP contribution in [0.4, 0.5) is 5.69 Å². The number of hydrogen-bond donors (Lipinski definition) is 1. The first kappa shape index (κ1) is 12.4. The summed E-state index contributed by atoms with van der Waals surface area (Å²) in [5.74, 6) is -0.228. The van der Waals surface area contributed by atoms with Crippen molar-refractivity contribution in [3.8, 4) is 0 Å². The van der Waals surface area contributed by atoms with E-state index in [1.807, 2.05) is 54.6 Å². The third-order valence-electron chi connectivity index (χ3n) is 3.50. The van der Waals surface area contributed by atoms with Gasteiger partial charge in [-0.05, 0) is 11.6 Å². The van der Waals surface area contributed by atoms with Gasteiger partial charge in [0.05, 0.1) is 0 Å². The molecule has 2 aromatic carbocycles. The number of hydrogen-bond acceptors (Lipinski definition) is 3. The van der Waals surface area contributed by atoms with Gasteiger partial charge in [0.2, 0.25) is 0 Å². The number of fused-ring (bicyclic) bond motifs is 1. The molecule has 100 valence electrons. The van der Waals surface area contributed by atoms with Crippen LogP contribution in [0.5, 0.6) is 0 Å². The third kappa shape index (κ3) is 1.95. The lowest BCUT2D eigenvalue weighted by Crippen LogP contribution is -2.37. The summed E-state index contributed by atoms with van der Waals surface area (Å²) in [7, 11) is 1.72. The summed E-state index contributed by atoms with van der Waals surface area (Å²) in [6, 6.07) is 17.4. The van der Waals surface area contributed by atoms with Crippen molar-refractivity contribution in [2.24, 2.45) is 10.7 Å². The molecule has 0 saturated carbocycles. The highest BCUT2D eigenvalue weighted by atomic mass is 16.2. The molecule has 1 heterocycles. The Labute approximate surface area is 117 Å². The van der Waals surface area contributed by atoms with Crippen LogP contribution < -0.4 is 10.6 Å². The Morgan fingerprint density at radius 3 is 2.45 bits per heavy atom. The van der Waals surface area contributed by atoms with Gasteiger partial charge in [-0.2, -0.15) is 0 Å². The van der Waals surface area contributed by atoms with Crippen molar-refractivity contribution < 1.29 is 4.79 Å². The second-order valence-corrected chi connectivity index (χ2v) is 4.75. The standard InChI is InChI=1S/C16H15N3O/c1-19-13-10-6-5-9-12(13)14(18-15(17)16(19)20)11-7-3-2-4-8-11/h2-10,14H,1H3,(H2,17,18). The summed E-state index contributed by atoms with van der Waals surface area (Å²) < 4.78 is 0. The molecule has 4 nitrogen and oxygen atoms in total. The van der Waals surface area contributed by atoms with Gasteiger partial charge in [-0.1, -0.05) is 48.5 Å². The van der Waals surface area contributed by atoms with Crippen LogP contribution in [-0.2, 0) is 4.79 Å². The molecule has 4 heteroatoms. The molecule has 0 fully saturated rings. The molecular weight excluding hydrogens is 250 g/mol. The van der Waals surface area contributed by atoms with Gasteiger partial charge in [-0.25, -0.2) is 0 Å². The molecule has 3 rings (SSSR count). The number of rotatable bonds is 1. The molecule has 0 saturated heterocycles. The number of aliphatic imine (C=N–C) groups is 1. The summed E-state index contributed by atoms with van der Waals surface area (Å²) in [6.07, 6.45) is 0. The Kier molecular flexibility index (Phi) is 2.99. The Morgan fingerprint density at radius 2 is 1.70 bits per heavy atom. The van der Waals surface area contributed by atoms with Crippen molar-refractivity contribution in [1.29, 1.82) is 0 Å². The van der Waals surface area contributed by atoms with Crippen LogP contribution in [0, 0.1) is 0 Å². The van der Waals surface area contributed by atoms with Crippen molar-refractivity contribution in [3.05, 3.63) is 65.7 Å². The summed E-state index contributed by atoms with van der Waals surface area (Å²) >= 11 is 0. The number of benzene rings is 2. The smallest absolute Gasteiger partial charge is 0.292 e. The molecule has 2 N–H and O–H groups in total. The van der Waals surface area contributed by atoms with E-state index in [0.717, 1.165) is 16.8 Å². The zero-order valence-corrected chi connectivity index (χ0v) is 11.2. The third-order valence-corrected chi connectivity index (χ3v) is 3.50. The van der Waals surface area contributed by atoms with E-state index in [4.69, 9.17) is 5.73 Å². The SMILES string of the molecule is CN1C(=O)C(N)=NC(c2ccccc2)c2ccccc21. The molecule has 0 aromatic heterocycles. The minimum atomic E-state index is -0.268. The lowest BCUT2D eigenvalue weighted by atomic mass is 9.97. The van der Waals surface area contributed by atoms with Crippen LogP contribution in [0.3, 0.4) is 0 Å². The number of carbonyl (C=O) groups excluding carboxylic acids is 1. The van der Waals surface area contributed by atoms with Crippen LogP contribution in [0.2, 0.25) is 0 Å². The Bertz CT molecular complexity index is 679. The fourth-order valence-corrected chi connectivity index (χ4v) is 2.46. The highest BCUT2D eigenvalue weighted by Gasteiger charge is 2.27. The van der Waals surface area contributed by atoms with Crippen LogP contribution in [0.25, 0.3) is 0 Å². The van der Waals surface area contributed by atoms with Crippen LogP contribution in [0.15, 0.2) is 59.6 Å². The highest BCUT2D eigenvalue weighted by Crippen LogP contribution is 2.34. The number of likely N-dealkylation sites (N-methyl/N-ethyl adjacent to an activating group) is 1. The molecule has 0 bridgehead atoms. The number of para-hydroxylation sites is 1. The van der Waals surface area contributed by atoms with E-state index in [2.05, 4.69) is 4.99 Å². The minimum Gasteiger partial charge on any atom is -0.379 e. The molecule has 2 aromatic rings. The molecule has 0 aliphatic carbocycles. The maximum atomic E-state index is 12.2. The number of nitrogens with zero attached hydrogens (tertiary/aromatic N) is 2. The summed E-state index contributed by atoms with van der Waals surface area (Å²) in [5, 5.41) is 0. The van der Waals surface area contributed by atoms with Crippen LogP contribution >= 0.6 is 0 Å². The maximum absolute atomic E-state index is 12.2. The number of amides is 1. The summed E-state index contributed by atoms with van der Waals surface area (Å²) in [6.45, 7) is 0. The zero-order chi connectivity index (χ0) is 14.1. The molecule has 20 heavy (non-hydrogen) atoms. The molecule has 0 radical (unpaired) electrons. The first-order valence-corrected chi connectivity index (χ1v) is 6.43. The van der Waals surface area contributed by atoms with Crippen LogP contribution in [-0.4, -0.2) is 18.8 Å². The van der Waals surface area contributed by atoms with Crippen molar-refractivity contribution in [2.45, 2.75) is 6.04 Å².